The number of carbonyl (C=O) groups is 2. The van der Waals surface area contributed by atoms with E-state index in [2.05, 4.69) is 10.3 Å². The highest BCUT2D eigenvalue weighted by Gasteiger charge is 2.07. The Kier molecular flexibility index (Phi) is 7.27. The standard InChI is InChI=1S/C23H19FN2O4/c24-20-13-17(8-10-21(20)30-19-7-4-12-25-14-19)9-11-22(27)26-15-23(28)29-16-18-5-2-1-3-6-18/h1-14H,15-16H2,(H,26,27)/b11-9+. The Morgan fingerprint density at radius 3 is 2.63 bits per heavy atom. The molecule has 3 rings (SSSR count). The summed E-state index contributed by atoms with van der Waals surface area (Å²) in [5.41, 5.74) is 1.32. The van der Waals surface area contributed by atoms with Gasteiger partial charge in [0.25, 0.3) is 0 Å². The van der Waals surface area contributed by atoms with E-state index in [9.17, 15) is 14.0 Å². The van der Waals surface area contributed by atoms with Gasteiger partial charge in [0.1, 0.15) is 18.9 Å². The van der Waals surface area contributed by atoms with Gasteiger partial charge in [0, 0.05) is 12.3 Å². The Bertz CT molecular complexity index is 1020. The average molecular weight is 406 g/mol. The minimum absolute atomic E-state index is 0.0470. The SMILES string of the molecule is O=C(/C=C/c1ccc(Oc2cccnc2)c(F)c1)NCC(=O)OCc1ccccc1. The van der Waals surface area contributed by atoms with Crippen LogP contribution in [0.25, 0.3) is 6.08 Å². The number of nitrogens with zero attached hydrogens (tertiary/aromatic N) is 1. The number of amides is 1. The summed E-state index contributed by atoms with van der Waals surface area (Å²) >= 11 is 0. The predicted molar refractivity (Wildman–Crippen MR) is 109 cm³/mol. The van der Waals surface area contributed by atoms with Crippen molar-refractivity contribution in [2.75, 3.05) is 6.54 Å². The quantitative estimate of drug-likeness (QED) is 0.454. The van der Waals surface area contributed by atoms with Crippen LogP contribution in [0.1, 0.15) is 11.1 Å². The van der Waals surface area contributed by atoms with Crippen LogP contribution >= 0.6 is 0 Å². The van der Waals surface area contributed by atoms with E-state index in [1.54, 1.807) is 24.4 Å². The average Bonchev–Trinajstić information content (AvgIpc) is 2.78. The molecule has 0 radical (unpaired) electrons. The van der Waals surface area contributed by atoms with Crippen LogP contribution in [0.5, 0.6) is 11.5 Å². The first-order valence-corrected chi connectivity index (χ1v) is 9.13. The molecule has 0 unspecified atom stereocenters. The predicted octanol–water partition coefficient (Wildman–Crippen LogP) is 3.89. The number of nitrogens with one attached hydrogen (secondary N) is 1. The van der Waals surface area contributed by atoms with Crippen LogP contribution in [0, 0.1) is 5.82 Å². The second kappa shape index (κ2) is 10.5. The highest BCUT2D eigenvalue weighted by molar-refractivity contribution is 5.93. The third-order valence-corrected chi connectivity index (χ3v) is 3.89. The van der Waals surface area contributed by atoms with Crippen LogP contribution in [0.3, 0.4) is 0 Å². The second-order valence-electron chi connectivity index (χ2n) is 6.18. The summed E-state index contributed by atoms with van der Waals surface area (Å²) in [6, 6.07) is 16.9. The molecule has 152 valence electrons. The van der Waals surface area contributed by atoms with Gasteiger partial charge in [0.05, 0.1) is 6.20 Å². The third-order valence-electron chi connectivity index (χ3n) is 3.89. The van der Waals surface area contributed by atoms with E-state index < -0.39 is 17.7 Å². The third kappa shape index (κ3) is 6.56. The second-order valence-corrected chi connectivity index (χ2v) is 6.18. The minimum atomic E-state index is -0.578. The van der Waals surface area contributed by atoms with Crippen LogP contribution in [0.2, 0.25) is 0 Å². The molecule has 2 aromatic carbocycles. The summed E-state index contributed by atoms with van der Waals surface area (Å²) in [5, 5.41) is 2.42. The summed E-state index contributed by atoms with van der Waals surface area (Å²) in [7, 11) is 0. The van der Waals surface area contributed by atoms with E-state index in [0.717, 1.165) is 5.56 Å². The van der Waals surface area contributed by atoms with E-state index in [1.165, 1.54) is 30.5 Å². The Hall–Kier alpha value is -4.00. The first-order chi connectivity index (χ1) is 14.6. The van der Waals surface area contributed by atoms with Gasteiger partial charge in [-0.15, -0.1) is 0 Å². The van der Waals surface area contributed by atoms with E-state index >= 15 is 0 Å². The maximum atomic E-state index is 14.2. The first-order valence-electron chi connectivity index (χ1n) is 9.13. The number of rotatable bonds is 8. The summed E-state index contributed by atoms with van der Waals surface area (Å²) in [6.45, 7) is -0.125. The van der Waals surface area contributed by atoms with Gasteiger partial charge >= 0.3 is 5.97 Å². The smallest absolute Gasteiger partial charge is 0.325 e. The molecule has 0 aliphatic carbocycles. The van der Waals surface area contributed by atoms with Gasteiger partial charge in [-0.3, -0.25) is 14.6 Å². The van der Waals surface area contributed by atoms with Crippen molar-refractivity contribution < 1.29 is 23.5 Å². The Morgan fingerprint density at radius 2 is 1.90 bits per heavy atom. The largest absolute Gasteiger partial charge is 0.460 e. The Morgan fingerprint density at radius 1 is 1.07 bits per heavy atom. The zero-order valence-electron chi connectivity index (χ0n) is 16.0. The van der Waals surface area contributed by atoms with Crippen LogP contribution in [-0.4, -0.2) is 23.4 Å². The fraction of sp³-hybridized carbons (Fsp3) is 0.0870. The molecule has 0 aliphatic heterocycles. The molecule has 0 fully saturated rings. The molecule has 1 aromatic heterocycles. The van der Waals surface area contributed by atoms with Gasteiger partial charge < -0.3 is 14.8 Å². The highest BCUT2D eigenvalue weighted by atomic mass is 19.1. The number of carbonyl (C=O) groups excluding carboxylic acids is 2. The lowest BCUT2D eigenvalue weighted by atomic mass is 10.2. The van der Waals surface area contributed by atoms with Crippen molar-refractivity contribution in [3.8, 4) is 11.5 Å². The monoisotopic (exact) mass is 406 g/mol. The first kappa shape index (κ1) is 20.7. The van der Waals surface area contributed by atoms with Gasteiger partial charge in [0.15, 0.2) is 11.6 Å². The van der Waals surface area contributed by atoms with Gasteiger partial charge in [-0.2, -0.15) is 0 Å². The van der Waals surface area contributed by atoms with Gasteiger partial charge in [-0.25, -0.2) is 4.39 Å². The zero-order valence-corrected chi connectivity index (χ0v) is 16.0. The molecular formula is C23H19FN2O4. The fourth-order valence-corrected chi connectivity index (χ4v) is 2.42. The van der Waals surface area contributed by atoms with Crippen LogP contribution in [-0.2, 0) is 20.9 Å². The number of hydrogen-bond donors (Lipinski definition) is 1. The molecule has 1 N–H and O–H groups in total. The lowest BCUT2D eigenvalue weighted by Crippen LogP contribution is -2.29. The van der Waals surface area contributed by atoms with E-state index in [-0.39, 0.29) is 18.9 Å². The molecule has 6 nitrogen and oxygen atoms in total. The number of benzene rings is 2. The summed E-state index contributed by atoms with van der Waals surface area (Å²) in [5.74, 6) is -1.17. The lowest BCUT2D eigenvalue weighted by Gasteiger charge is -2.07. The molecule has 1 amide bonds. The molecule has 0 saturated heterocycles. The molecular weight excluding hydrogens is 387 g/mol. The maximum Gasteiger partial charge on any atom is 0.325 e. The maximum absolute atomic E-state index is 14.2. The Balaban J connectivity index is 1.46. The number of aromatic nitrogens is 1. The van der Waals surface area contributed by atoms with Crippen molar-refractivity contribution in [3.05, 3.63) is 96.1 Å². The molecule has 30 heavy (non-hydrogen) atoms. The van der Waals surface area contributed by atoms with Crippen LogP contribution in [0.15, 0.2) is 79.1 Å². The highest BCUT2D eigenvalue weighted by Crippen LogP contribution is 2.24. The van der Waals surface area contributed by atoms with Crippen molar-refractivity contribution in [2.24, 2.45) is 0 Å². The number of ether oxygens (including phenoxy) is 2. The molecule has 0 atom stereocenters. The molecule has 1 heterocycles. The normalized spacial score (nSPS) is 10.6. The molecule has 0 aliphatic rings. The van der Waals surface area contributed by atoms with Crippen molar-refractivity contribution in [3.63, 3.8) is 0 Å². The summed E-state index contributed by atoms with van der Waals surface area (Å²) in [4.78, 5) is 27.5. The fourth-order valence-electron chi connectivity index (χ4n) is 2.42. The van der Waals surface area contributed by atoms with Gasteiger partial charge in [-0.05, 0) is 41.5 Å². The van der Waals surface area contributed by atoms with Crippen molar-refractivity contribution in [2.45, 2.75) is 6.61 Å². The van der Waals surface area contributed by atoms with Crippen molar-refractivity contribution in [1.29, 1.82) is 0 Å². The Labute approximate surface area is 173 Å². The summed E-state index contributed by atoms with van der Waals surface area (Å²) in [6.07, 6.45) is 5.70. The number of esters is 1. The number of hydrogen-bond acceptors (Lipinski definition) is 5. The molecule has 7 heteroatoms. The van der Waals surface area contributed by atoms with Gasteiger partial charge in [0.2, 0.25) is 5.91 Å². The minimum Gasteiger partial charge on any atom is -0.460 e. The molecule has 0 spiro atoms. The van der Waals surface area contributed by atoms with Crippen molar-refractivity contribution >= 4 is 18.0 Å². The van der Waals surface area contributed by atoms with Crippen LogP contribution in [0.4, 0.5) is 4.39 Å². The lowest BCUT2D eigenvalue weighted by molar-refractivity contribution is -0.144. The van der Waals surface area contributed by atoms with Gasteiger partial charge in [-0.1, -0.05) is 36.4 Å². The molecule has 0 saturated carbocycles. The molecule has 0 bridgehead atoms. The van der Waals surface area contributed by atoms with Crippen molar-refractivity contribution in [1.82, 2.24) is 10.3 Å². The van der Waals surface area contributed by atoms with Crippen LogP contribution < -0.4 is 10.1 Å². The van der Waals surface area contributed by atoms with E-state index in [4.69, 9.17) is 9.47 Å². The number of halogens is 1. The van der Waals surface area contributed by atoms with E-state index in [1.807, 2.05) is 30.3 Å². The van der Waals surface area contributed by atoms with E-state index in [0.29, 0.717) is 11.3 Å². The topological polar surface area (TPSA) is 77.5 Å². The molecule has 3 aromatic rings. The number of pyridine rings is 1. The summed E-state index contributed by atoms with van der Waals surface area (Å²) < 4.78 is 24.7. The zero-order chi connectivity index (χ0) is 21.2.